The Morgan fingerprint density at radius 2 is 1.56 bits per heavy atom. The number of benzene rings is 2. The summed E-state index contributed by atoms with van der Waals surface area (Å²) in [5, 5.41) is 0. The Bertz CT molecular complexity index is 537. The maximum absolute atomic E-state index is 2.38. The van der Waals surface area contributed by atoms with Crippen LogP contribution in [0.1, 0.15) is 42.9 Å². The Labute approximate surface area is 110 Å². The zero-order valence-electron chi connectivity index (χ0n) is 11.2. The van der Waals surface area contributed by atoms with Gasteiger partial charge in [-0.15, -0.1) is 0 Å². The van der Waals surface area contributed by atoms with Crippen LogP contribution in [-0.2, 0) is 11.8 Å². The minimum Gasteiger partial charge on any atom is -0.0622 e. The molecule has 1 unspecified atom stereocenters. The summed E-state index contributed by atoms with van der Waals surface area (Å²) in [6.07, 6.45) is 2.43. The minimum absolute atomic E-state index is 0.287. The smallest absolute Gasteiger partial charge is 0.00949 e. The highest BCUT2D eigenvalue weighted by atomic mass is 14.4. The molecule has 2 aromatic rings. The molecule has 0 saturated heterocycles. The lowest BCUT2D eigenvalue weighted by Crippen LogP contribution is -2.28. The summed E-state index contributed by atoms with van der Waals surface area (Å²) in [6, 6.07) is 19.9. The third kappa shape index (κ3) is 1.96. The summed E-state index contributed by atoms with van der Waals surface area (Å²) in [7, 11) is 0. The van der Waals surface area contributed by atoms with Gasteiger partial charge in [0.05, 0.1) is 0 Å². The Kier molecular flexibility index (Phi) is 2.74. The maximum Gasteiger partial charge on any atom is -0.00949 e. The molecule has 2 aromatic carbocycles. The average molecular weight is 236 g/mol. The first kappa shape index (κ1) is 11.5. The van der Waals surface area contributed by atoms with Crippen LogP contribution in [0.3, 0.4) is 0 Å². The Morgan fingerprint density at radius 1 is 0.889 bits per heavy atom. The van der Waals surface area contributed by atoms with Crippen molar-refractivity contribution in [3.05, 3.63) is 71.3 Å². The van der Waals surface area contributed by atoms with E-state index in [0.29, 0.717) is 5.92 Å². The van der Waals surface area contributed by atoms with E-state index in [1.807, 2.05) is 0 Å². The number of fused-ring (bicyclic) bond motifs is 1. The fourth-order valence-corrected chi connectivity index (χ4v) is 3.38. The van der Waals surface area contributed by atoms with Crippen LogP contribution in [-0.4, -0.2) is 0 Å². The SMILES string of the molecule is CC1(C)CC(c2ccccc2)Cc2ccccc21. The Balaban J connectivity index is 2.01. The van der Waals surface area contributed by atoms with E-state index < -0.39 is 0 Å². The summed E-state index contributed by atoms with van der Waals surface area (Å²) >= 11 is 0. The summed E-state index contributed by atoms with van der Waals surface area (Å²) in [6.45, 7) is 4.75. The van der Waals surface area contributed by atoms with Crippen LogP contribution in [0.15, 0.2) is 54.6 Å². The topological polar surface area (TPSA) is 0 Å². The molecule has 92 valence electrons. The van der Waals surface area contributed by atoms with Gasteiger partial charge >= 0.3 is 0 Å². The standard InChI is InChI=1S/C18H20/c1-18(2)13-16(14-8-4-3-5-9-14)12-15-10-6-7-11-17(15)18/h3-11,16H,12-13H2,1-2H3. The van der Waals surface area contributed by atoms with Crippen LogP contribution in [0, 0.1) is 0 Å². The van der Waals surface area contributed by atoms with Crippen LogP contribution in [0.4, 0.5) is 0 Å². The van der Waals surface area contributed by atoms with Gasteiger partial charge in [0.2, 0.25) is 0 Å². The Morgan fingerprint density at radius 3 is 2.33 bits per heavy atom. The third-order valence-corrected chi connectivity index (χ3v) is 4.24. The molecule has 3 rings (SSSR count). The molecule has 0 heterocycles. The van der Waals surface area contributed by atoms with Crippen molar-refractivity contribution in [3.63, 3.8) is 0 Å². The van der Waals surface area contributed by atoms with Crippen molar-refractivity contribution in [1.29, 1.82) is 0 Å². The first-order valence-electron chi connectivity index (χ1n) is 6.80. The number of hydrogen-bond donors (Lipinski definition) is 0. The van der Waals surface area contributed by atoms with Crippen molar-refractivity contribution in [2.24, 2.45) is 0 Å². The van der Waals surface area contributed by atoms with Gasteiger partial charge in [0.15, 0.2) is 0 Å². The molecular weight excluding hydrogens is 216 g/mol. The second-order valence-electron chi connectivity index (χ2n) is 6.06. The molecule has 18 heavy (non-hydrogen) atoms. The lowest BCUT2D eigenvalue weighted by molar-refractivity contribution is 0.391. The second kappa shape index (κ2) is 4.28. The van der Waals surface area contributed by atoms with Crippen molar-refractivity contribution < 1.29 is 0 Å². The summed E-state index contributed by atoms with van der Waals surface area (Å²) in [5.74, 6) is 0.663. The molecule has 0 fully saturated rings. The highest BCUT2D eigenvalue weighted by Crippen LogP contribution is 2.43. The maximum atomic E-state index is 2.38. The molecule has 1 atom stereocenters. The van der Waals surface area contributed by atoms with E-state index in [1.165, 1.54) is 29.5 Å². The van der Waals surface area contributed by atoms with E-state index in [9.17, 15) is 0 Å². The van der Waals surface area contributed by atoms with E-state index in [-0.39, 0.29) is 5.41 Å². The van der Waals surface area contributed by atoms with Gasteiger partial charge in [-0.1, -0.05) is 68.4 Å². The molecule has 0 bridgehead atoms. The number of rotatable bonds is 1. The van der Waals surface area contributed by atoms with Gasteiger partial charge in [-0.3, -0.25) is 0 Å². The van der Waals surface area contributed by atoms with E-state index >= 15 is 0 Å². The molecule has 0 radical (unpaired) electrons. The molecule has 0 amide bonds. The largest absolute Gasteiger partial charge is 0.0622 e. The summed E-state index contributed by atoms with van der Waals surface area (Å²) in [5.41, 5.74) is 4.84. The highest BCUT2D eigenvalue weighted by molar-refractivity contribution is 5.39. The molecule has 0 heteroatoms. The lowest BCUT2D eigenvalue weighted by atomic mass is 9.67. The average Bonchev–Trinajstić information content (AvgIpc) is 2.39. The normalized spacial score (nSPS) is 21.3. The molecule has 0 N–H and O–H groups in total. The predicted octanol–water partition coefficient (Wildman–Crippen LogP) is 4.69. The van der Waals surface area contributed by atoms with E-state index in [4.69, 9.17) is 0 Å². The molecule has 0 saturated carbocycles. The van der Waals surface area contributed by atoms with Gasteiger partial charge in [-0.05, 0) is 40.9 Å². The van der Waals surface area contributed by atoms with Gasteiger partial charge in [0.25, 0.3) is 0 Å². The van der Waals surface area contributed by atoms with Gasteiger partial charge in [0, 0.05) is 0 Å². The summed E-state index contributed by atoms with van der Waals surface area (Å²) in [4.78, 5) is 0. The van der Waals surface area contributed by atoms with E-state index in [2.05, 4.69) is 68.4 Å². The molecule has 0 aliphatic heterocycles. The fourth-order valence-electron chi connectivity index (χ4n) is 3.38. The van der Waals surface area contributed by atoms with Crippen molar-refractivity contribution >= 4 is 0 Å². The highest BCUT2D eigenvalue weighted by Gasteiger charge is 2.32. The van der Waals surface area contributed by atoms with Crippen LogP contribution in [0.5, 0.6) is 0 Å². The third-order valence-electron chi connectivity index (χ3n) is 4.24. The quantitative estimate of drug-likeness (QED) is 0.673. The zero-order chi connectivity index (χ0) is 12.6. The van der Waals surface area contributed by atoms with Gasteiger partial charge in [0.1, 0.15) is 0 Å². The van der Waals surface area contributed by atoms with Crippen LogP contribution in [0.25, 0.3) is 0 Å². The van der Waals surface area contributed by atoms with Crippen molar-refractivity contribution in [1.82, 2.24) is 0 Å². The second-order valence-corrected chi connectivity index (χ2v) is 6.06. The molecular formula is C18H20. The van der Waals surface area contributed by atoms with Crippen LogP contribution >= 0.6 is 0 Å². The fraction of sp³-hybridized carbons (Fsp3) is 0.333. The van der Waals surface area contributed by atoms with Gasteiger partial charge < -0.3 is 0 Å². The monoisotopic (exact) mass is 236 g/mol. The van der Waals surface area contributed by atoms with Crippen molar-refractivity contribution in [2.45, 2.75) is 38.0 Å². The van der Waals surface area contributed by atoms with E-state index in [1.54, 1.807) is 0 Å². The van der Waals surface area contributed by atoms with Gasteiger partial charge in [-0.2, -0.15) is 0 Å². The molecule has 0 spiro atoms. The summed E-state index contributed by atoms with van der Waals surface area (Å²) < 4.78 is 0. The molecule has 1 aliphatic carbocycles. The minimum atomic E-state index is 0.287. The predicted molar refractivity (Wildman–Crippen MR) is 77.0 cm³/mol. The van der Waals surface area contributed by atoms with Crippen LogP contribution < -0.4 is 0 Å². The lowest BCUT2D eigenvalue weighted by Gasteiger charge is -2.37. The van der Waals surface area contributed by atoms with Crippen molar-refractivity contribution in [2.75, 3.05) is 0 Å². The van der Waals surface area contributed by atoms with Crippen LogP contribution in [0.2, 0.25) is 0 Å². The zero-order valence-corrected chi connectivity index (χ0v) is 11.2. The molecule has 0 aromatic heterocycles. The van der Waals surface area contributed by atoms with E-state index in [0.717, 1.165) is 0 Å². The number of hydrogen-bond acceptors (Lipinski definition) is 0. The van der Waals surface area contributed by atoms with Gasteiger partial charge in [-0.25, -0.2) is 0 Å². The first-order valence-corrected chi connectivity index (χ1v) is 6.80. The molecule has 0 nitrogen and oxygen atoms in total. The first-order chi connectivity index (χ1) is 8.67. The molecule has 1 aliphatic rings. The Hall–Kier alpha value is -1.56. The van der Waals surface area contributed by atoms with Crippen molar-refractivity contribution in [3.8, 4) is 0 Å².